The van der Waals surface area contributed by atoms with Gasteiger partial charge < -0.3 is 0 Å². The van der Waals surface area contributed by atoms with Crippen LogP contribution in [0.25, 0.3) is 0 Å². The van der Waals surface area contributed by atoms with Crippen molar-refractivity contribution in [3.63, 3.8) is 0 Å². The fourth-order valence-electron chi connectivity index (χ4n) is 1.71. The summed E-state index contributed by atoms with van der Waals surface area (Å²) >= 11 is 0. The summed E-state index contributed by atoms with van der Waals surface area (Å²) in [7, 11) is -3.04. The van der Waals surface area contributed by atoms with Crippen LogP contribution in [0.4, 0.5) is 0 Å². The predicted octanol–water partition coefficient (Wildman–Crippen LogP) is -0.0336. The molecule has 0 bridgehead atoms. The third-order valence-corrected chi connectivity index (χ3v) is 4.47. The van der Waals surface area contributed by atoms with Crippen molar-refractivity contribution >= 4 is 22.0 Å². The Morgan fingerprint density at radius 2 is 2.17 bits per heavy atom. The highest BCUT2D eigenvalue weighted by molar-refractivity contribution is 7.91. The molecule has 0 saturated carbocycles. The largest absolute Gasteiger partial charge is 0.273 e. The minimum atomic E-state index is -3.04. The van der Waals surface area contributed by atoms with Crippen LogP contribution >= 0.6 is 0 Å². The number of carbonyl (C=O) groups excluding carboxylic acids is 1. The van der Waals surface area contributed by atoms with Crippen molar-refractivity contribution in [2.75, 3.05) is 11.5 Å². The van der Waals surface area contributed by atoms with Crippen LogP contribution in [0, 0.1) is 5.92 Å². The smallest absolute Gasteiger partial charge is 0.244 e. The molecule has 1 fully saturated rings. The minimum absolute atomic E-state index is 0.0798. The van der Waals surface area contributed by atoms with Crippen molar-refractivity contribution < 1.29 is 13.2 Å². The summed E-state index contributed by atoms with van der Waals surface area (Å²) in [6, 6.07) is 3.49. The highest BCUT2D eigenvalue weighted by atomic mass is 32.2. The van der Waals surface area contributed by atoms with Crippen molar-refractivity contribution in [1.82, 2.24) is 10.4 Å². The van der Waals surface area contributed by atoms with Crippen molar-refractivity contribution in [2.45, 2.75) is 6.42 Å². The van der Waals surface area contributed by atoms with Gasteiger partial charge in [-0.15, -0.1) is 0 Å². The lowest BCUT2D eigenvalue weighted by molar-refractivity contribution is -0.124. The first kappa shape index (κ1) is 12.7. The van der Waals surface area contributed by atoms with Gasteiger partial charge in [0, 0.05) is 12.4 Å². The first-order chi connectivity index (χ1) is 8.57. The highest BCUT2D eigenvalue weighted by Crippen LogP contribution is 2.18. The zero-order valence-corrected chi connectivity index (χ0v) is 10.4. The second-order valence-corrected chi connectivity index (χ2v) is 6.34. The fraction of sp³-hybridized carbons (Fsp3) is 0.364. The van der Waals surface area contributed by atoms with E-state index in [0.717, 1.165) is 5.56 Å². The van der Waals surface area contributed by atoms with E-state index in [4.69, 9.17) is 0 Å². The number of carbonyl (C=O) groups is 1. The maximum atomic E-state index is 11.6. The molecule has 1 aromatic heterocycles. The van der Waals surface area contributed by atoms with Gasteiger partial charge in [-0.3, -0.25) is 9.78 Å². The van der Waals surface area contributed by atoms with E-state index in [1.165, 1.54) is 6.21 Å². The molecule has 1 amide bonds. The van der Waals surface area contributed by atoms with Crippen LogP contribution in [0.15, 0.2) is 29.6 Å². The number of rotatable bonds is 3. The Balaban J connectivity index is 1.88. The zero-order chi connectivity index (χ0) is 13.0. The van der Waals surface area contributed by atoms with Gasteiger partial charge in [0.15, 0.2) is 9.84 Å². The van der Waals surface area contributed by atoms with Gasteiger partial charge in [-0.25, -0.2) is 13.8 Å². The fourth-order valence-corrected chi connectivity index (χ4v) is 3.45. The number of nitrogens with zero attached hydrogens (tertiary/aromatic N) is 2. The average molecular weight is 267 g/mol. The molecule has 2 rings (SSSR count). The molecular formula is C11H13N3O3S. The van der Waals surface area contributed by atoms with Crippen molar-refractivity contribution in [3.8, 4) is 0 Å². The topological polar surface area (TPSA) is 88.5 Å². The molecule has 18 heavy (non-hydrogen) atoms. The van der Waals surface area contributed by atoms with Gasteiger partial charge in [-0.05, 0) is 24.1 Å². The van der Waals surface area contributed by atoms with E-state index in [2.05, 4.69) is 15.5 Å². The number of aromatic nitrogens is 1. The molecule has 1 aliphatic heterocycles. The van der Waals surface area contributed by atoms with Gasteiger partial charge >= 0.3 is 0 Å². The number of hydrogen-bond acceptors (Lipinski definition) is 5. The normalized spacial score (nSPS) is 22.1. The third-order valence-electron chi connectivity index (χ3n) is 2.70. The van der Waals surface area contributed by atoms with Gasteiger partial charge in [0.2, 0.25) is 5.91 Å². The summed E-state index contributed by atoms with van der Waals surface area (Å²) in [5.41, 5.74) is 3.17. The Morgan fingerprint density at radius 3 is 2.78 bits per heavy atom. The average Bonchev–Trinajstić information content (AvgIpc) is 2.71. The monoisotopic (exact) mass is 267 g/mol. The molecule has 0 aliphatic carbocycles. The lowest BCUT2D eigenvalue weighted by atomic mass is 10.1. The zero-order valence-electron chi connectivity index (χ0n) is 9.61. The number of hydrogen-bond donors (Lipinski definition) is 1. The summed E-state index contributed by atoms with van der Waals surface area (Å²) in [5.74, 6) is -0.825. The second-order valence-electron chi connectivity index (χ2n) is 4.11. The van der Waals surface area contributed by atoms with Crippen molar-refractivity contribution in [2.24, 2.45) is 11.0 Å². The van der Waals surface area contributed by atoms with Crippen molar-refractivity contribution in [1.29, 1.82) is 0 Å². The van der Waals surface area contributed by atoms with Gasteiger partial charge in [-0.2, -0.15) is 5.10 Å². The van der Waals surface area contributed by atoms with Crippen LogP contribution in [0.5, 0.6) is 0 Å². The lowest BCUT2D eigenvalue weighted by Gasteiger charge is -2.04. The number of nitrogens with one attached hydrogen (secondary N) is 1. The Labute approximate surface area is 105 Å². The summed E-state index contributed by atoms with van der Waals surface area (Å²) in [6.07, 6.45) is 5.10. The van der Waals surface area contributed by atoms with Crippen LogP contribution < -0.4 is 5.43 Å². The molecule has 7 heteroatoms. The molecule has 1 N–H and O–H groups in total. The second kappa shape index (κ2) is 5.26. The minimum Gasteiger partial charge on any atom is -0.273 e. The van der Waals surface area contributed by atoms with Gasteiger partial charge in [0.25, 0.3) is 0 Å². The van der Waals surface area contributed by atoms with Gasteiger partial charge in [-0.1, -0.05) is 0 Å². The van der Waals surface area contributed by atoms with E-state index in [-0.39, 0.29) is 17.4 Å². The Bertz CT molecular complexity index is 554. The highest BCUT2D eigenvalue weighted by Gasteiger charge is 2.32. The third kappa shape index (κ3) is 3.36. The molecule has 0 spiro atoms. The first-order valence-electron chi connectivity index (χ1n) is 5.50. The summed E-state index contributed by atoms with van der Waals surface area (Å²) in [5, 5.41) is 3.79. The van der Waals surface area contributed by atoms with Crippen LogP contribution in [0.3, 0.4) is 0 Å². The van der Waals surface area contributed by atoms with Crippen LogP contribution in [-0.4, -0.2) is 37.0 Å². The SMILES string of the molecule is O=C(N/N=C\c1ccncc1)[C@H]1CCS(=O)(=O)C1. The first-order valence-corrected chi connectivity index (χ1v) is 7.32. The van der Waals surface area contributed by atoms with Gasteiger partial charge in [0.05, 0.1) is 23.6 Å². The Kier molecular flexibility index (Phi) is 3.71. The van der Waals surface area contributed by atoms with Gasteiger partial charge in [0.1, 0.15) is 0 Å². The maximum absolute atomic E-state index is 11.6. The number of hydrazone groups is 1. The quantitative estimate of drug-likeness (QED) is 0.615. The molecule has 96 valence electrons. The molecule has 2 heterocycles. The summed E-state index contributed by atoms with van der Waals surface area (Å²) < 4.78 is 22.4. The number of sulfone groups is 1. The van der Waals surface area contributed by atoms with E-state index in [9.17, 15) is 13.2 Å². The van der Waals surface area contributed by atoms with Crippen LogP contribution in [0.1, 0.15) is 12.0 Å². The molecule has 0 unspecified atom stereocenters. The lowest BCUT2D eigenvalue weighted by Crippen LogP contribution is -2.27. The molecule has 1 saturated heterocycles. The standard InChI is InChI=1S/C11H13N3O3S/c15-11(10-3-6-18(16,17)8-10)14-13-7-9-1-4-12-5-2-9/h1-2,4-5,7,10H,3,6,8H2,(H,14,15)/b13-7-/t10-/m0/s1. The number of amides is 1. The predicted molar refractivity (Wildman–Crippen MR) is 66.7 cm³/mol. The summed E-state index contributed by atoms with van der Waals surface area (Å²) in [6.45, 7) is 0. The van der Waals surface area contributed by atoms with E-state index in [1.807, 2.05) is 0 Å². The van der Waals surface area contributed by atoms with E-state index < -0.39 is 15.8 Å². The van der Waals surface area contributed by atoms with E-state index >= 15 is 0 Å². The molecule has 0 radical (unpaired) electrons. The van der Waals surface area contributed by atoms with Crippen LogP contribution in [0.2, 0.25) is 0 Å². The molecule has 6 nitrogen and oxygen atoms in total. The molecular weight excluding hydrogens is 254 g/mol. The molecule has 0 aromatic carbocycles. The Hall–Kier alpha value is -1.76. The summed E-state index contributed by atoms with van der Waals surface area (Å²) in [4.78, 5) is 15.5. The molecule has 1 aromatic rings. The maximum Gasteiger partial charge on any atom is 0.244 e. The van der Waals surface area contributed by atoms with Crippen molar-refractivity contribution in [3.05, 3.63) is 30.1 Å². The Morgan fingerprint density at radius 1 is 1.44 bits per heavy atom. The molecule has 1 aliphatic rings. The van der Waals surface area contributed by atoms with E-state index in [1.54, 1.807) is 24.5 Å². The van der Waals surface area contributed by atoms with E-state index in [0.29, 0.717) is 6.42 Å². The number of pyridine rings is 1. The van der Waals surface area contributed by atoms with Crippen LogP contribution in [-0.2, 0) is 14.6 Å². The molecule has 1 atom stereocenters.